The lowest BCUT2D eigenvalue weighted by molar-refractivity contribution is -0.115. The predicted molar refractivity (Wildman–Crippen MR) is 83.9 cm³/mol. The summed E-state index contributed by atoms with van der Waals surface area (Å²) in [5.41, 5.74) is -0.261. The van der Waals surface area contributed by atoms with Crippen molar-refractivity contribution >= 4 is 22.4 Å². The number of rotatable bonds is 3. The van der Waals surface area contributed by atoms with Crippen LogP contribution in [-0.4, -0.2) is 16.1 Å². The monoisotopic (exact) mass is 313 g/mol. The average Bonchev–Trinajstić information content (AvgIpc) is 2.53. The number of halogens is 1. The molecule has 0 radical (unpaired) electrons. The van der Waals surface area contributed by atoms with Crippen LogP contribution in [0.4, 0.5) is 10.1 Å². The molecule has 1 amide bonds. The van der Waals surface area contributed by atoms with Crippen LogP contribution >= 0.6 is 0 Å². The SMILES string of the molecule is O=C(Cc1ccccc1F)Nc1ccc2c(=O)[nH][nH]c(=O)c2c1. The highest BCUT2D eigenvalue weighted by atomic mass is 19.1. The van der Waals surface area contributed by atoms with Crippen LogP contribution in [-0.2, 0) is 11.2 Å². The van der Waals surface area contributed by atoms with E-state index in [1.807, 2.05) is 0 Å². The molecule has 0 spiro atoms. The Morgan fingerprint density at radius 1 is 1.00 bits per heavy atom. The summed E-state index contributed by atoms with van der Waals surface area (Å²) >= 11 is 0. The minimum atomic E-state index is -0.468. The zero-order valence-electron chi connectivity index (χ0n) is 11.9. The molecule has 0 aliphatic heterocycles. The molecule has 0 unspecified atom stereocenters. The van der Waals surface area contributed by atoms with E-state index >= 15 is 0 Å². The van der Waals surface area contributed by atoms with Gasteiger partial charge in [-0.15, -0.1) is 0 Å². The van der Waals surface area contributed by atoms with Crippen molar-refractivity contribution in [2.75, 3.05) is 5.32 Å². The molecule has 0 atom stereocenters. The van der Waals surface area contributed by atoms with Crippen LogP contribution in [0, 0.1) is 5.82 Å². The molecule has 0 saturated carbocycles. The van der Waals surface area contributed by atoms with Crippen LogP contribution in [0.1, 0.15) is 5.56 Å². The van der Waals surface area contributed by atoms with Gasteiger partial charge in [-0.25, -0.2) is 4.39 Å². The van der Waals surface area contributed by atoms with E-state index in [0.717, 1.165) is 0 Å². The first-order valence-corrected chi connectivity index (χ1v) is 6.82. The molecule has 6 nitrogen and oxygen atoms in total. The molecule has 116 valence electrons. The van der Waals surface area contributed by atoms with E-state index in [1.54, 1.807) is 12.1 Å². The molecule has 1 heterocycles. The van der Waals surface area contributed by atoms with E-state index in [2.05, 4.69) is 15.5 Å². The van der Waals surface area contributed by atoms with Crippen molar-refractivity contribution in [3.8, 4) is 0 Å². The van der Waals surface area contributed by atoms with Gasteiger partial charge in [-0.2, -0.15) is 0 Å². The van der Waals surface area contributed by atoms with Crippen LogP contribution < -0.4 is 16.4 Å². The van der Waals surface area contributed by atoms with Crippen LogP contribution in [0.5, 0.6) is 0 Å². The molecule has 0 aliphatic rings. The van der Waals surface area contributed by atoms with Crippen LogP contribution in [0.2, 0.25) is 0 Å². The lowest BCUT2D eigenvalue weighted by Crippen LogP contribution is -2.20. The van der Waals surface area contributed by atoms with E-state index in [9.17, 15) is 18.8 Å². The van der Waals surface area contributed by atoms with Crippen molar-refractivity contribution in [1.29, 1.82) is 0 Å². The summed E-state index contributed by atoms with van der Waals surface area (Å²) in [6.45, 7) is 0. The number of anilines is 1. The zero-order chi connectivity index (χ0) is 16.4. The van der Waals surface area contributed by atoms with Gasteiger partial charge in [0.15, 0.2) is 0 Å². The fourth-order valence-corrected chi connectivity index (χ4v) is 2.28. The quantitative estimate of drug-likeness (QED) is 0.684. The lowest BCUT2D eigenvalue weighted by atomic mass is 10.1. The van der Waals surface area contributed by atoms with Gasteiger partial charge in [0, 0.05) is 5.69 Å². The molecule has 3 N–H and O–H groups in total. The Balaban J connectivity index is 1.86. The Kier molecular flexibility index (Phi) is 3.76. The number of amides is 1. The molecular formula is C16H12FN3O3. The number of benzene rings is 2. The number of aromatic nitrogens is 2. The van der Waals surface area contributed by atoms with Crippen molar-refractivity contribution in [2.45, 2.75) is 6.42 Å². The minimum absolute atomic E-state index is 0.129. The summed E-state index contributed by atoms with van der Waals surface area (Å²) in [7, 11) is 0. The Bertz CT molecular complexity index is 1010. The molecule has 23 heavy (non-hydrogen) atoms. The lowest BCUT2D eigenvalue weighted by Gasteiger charge is -2.07. The summed E-state index contributed by atoms with van der Waals surface area (Å²) in [5, 5.41) is 7.41. The van der Waals surface area contributed by atoms with Gasteiger partial charge in [0.05, 0.1) is 17.2 Å². The minimum Gasteiger partial charge on any atom is -0.326 e. The second kappa shape index (κ2) is 5.88. The van der Waals surface area contributed by atoms with Crippen LogP contribution in [0.25, 0.3) is 10.8 Å². The Morgan fingerprint density at radius 2 is 1.70 bits per heavy atom. The molecule has 0 saturated heterocycles. The van der Waals surface area contributed by atoms with E-state index in [4.69, 9.17) is 0 Å². The van der Waals surface area contributed by atoms with Gasteiger partial charge >= 0.3 is 0 Å². The first-order chi connectivity index (χ1) is 11.0. The van der Waals surface area contributed by atoms with Gasteiger partial charge in [0.1, 0.15) is 5.82 Å². The van der Waals surface area contributed by atoms with E-state index in [1.165, 1.54) is 30.3 Å². The molecule has 3 aromatic rings. The average molecular weight is 313 g/mol. The van der Waals surface area contributed by atoms with E-state index in [-0.39, 0.29) is 22.8 Å². The number of aromatic amines is 2. The summed E-state index contributed by atoms with van der Waals surface area (Å²) in [6.07, 6.45) is -0.129. The largest absolute Gasteiger partial charge is 0.326 e. The number of carbonyl (C=O) groups is 1. The van der Waals surface area contributed by atoms with Crippen molar-refractivity contribution in [1.82, 2.24) is 10.2 Å². The molecule has 2 aromatic carbocycles. The Labute approximate surface area is 129 Å². The van der Waals surface area contributed by atoms with Crippen LogP contribution in [0.3, 0.4) is 0 Å². The second-order valence-electron chi connectivity index (χ2n) is 4.98. The van der Waals surface area contributed by atoms with Crippen LogP contribution in [0.15, 0.2) is 52.1 Å². The first-order valence-electron chi connectivity index (χ1n) is 6.82. The number of H-pyrrole nitrogens is 2. The summed E-state index contributed by atoms with van der Waals surface area (Å²) in [4.78, 5) is 35.3. The maximum absolute atomic E-state index is 13.5. The number of hydrogen-bond acceptors (Lipinski definition) is 3. The summed E-state index contributed by atoms with van der Waals surface area (Å²) in [6, 6.07) is 10.4. The normalized spacial score (nSPS) is 10.7. The summed E-state index contributed by atoms with van der Waals surface area (Å²) < 4.78 is 13.5. The van der Waals surface area contributed by atoms with Crippen molar-refractivity contribution < 1.29 is 9.18 Å². The third-order valence-electron chi connectivity index (χ3n) is 3.39. The molecule has 0 fully saturated rings. The number of nitrogens with one attached hydrogen (secondary N) is 3. The molecule has 0 aliphatic carbocycles. The first kappa shape index (κ1) is 14.7. The topological polar surface area (TPSA) is 94.8 Å². The van der Waals surface area contributed by atoms with Gasteiger partial charge < -0.3 is 5.32 Å². The zero-order valence-corrected chi connectivity index (χ0v) is 11.9. The smallest absolute Gasteiger partial charge is 0.270 e. The molecule has 3 rings (SSSR count). The standard InChI is InChI=1S/C16H12FN3O3/c17-13-4-2-1-3-9(13)7-14(21)18-10-5-6-11-12(8-10)16(23)20-19-15(11)22/h1-6,8H,7H2,(H,18,21)(H,19,22)(H,20,23). The maximum atomic E-state index is 13.5. The number of hydrogen-bond donors (Lipinski definition) is 3. The number of carbonyl (C=O) groups excluding carboxylic acids is 1. The van der Waals surface area contributed by atoms with Crippen molar-refractivity contribution in [2.24, 2.45) is 0 Å². The number of fused-ring (bicyclic) bond motifs is 1. The molecule has 1 aromatic heterocycles. The fourth-order valence-electron chi connectivity index (χ4n) is 2.28. The third-order valence-corrected chi connectivity index (χ3v) is 3.39. The van der Waals surface area contributed by atoms with Crippen molar-refractivity contribution in [3.05, 3.63) is 74.6 Å². The Hall–Kier alpha value is -3.22. The van der Waals surface area contributed by atoms with Gasteiger partial charge in [0.2, 0.25) is 5.91 Å². The highest BCUT2D eigenvalue weighted by Gasteiger charge is 2.09. The predicted octanol–water partition coefficient (Wildman–Crippen LogP) is 1.54. The highest BCUT2D eigenvalue weighted by molar-refractivity contribution is 5.95. The Morgan fingerprint density at radius 3 is 2.43 bits per heavy atom. The molecule has 0 bridgehead atoms. The maximum Gasteiger partial charge on any atom is 0.270 e. The van der Waals surface area contributed by atoms with Crippen molar-refractivity contribution in [3.63, 3.8) is 0 Å². The second-order valence-corrected chi connectivity index (χ2v) is 4.98. The highest BCUT2D eigenvalue weighted by Crippen LogP contribution is 2.14. The molecule has 7 heteroatoms. The van der Waals surface area contributed by atoms with E-state index in [0.29, 0.717) is 5.69 Å². The van der Waals surface area contributed by atoms with E-state index < -0.39 is 22.8 Å². The summed E-state index contributed by atoms with van der Waals surface area (Å²) in [5.74, 6) is -0.875. The third kappa shape index (κ3) is 3.03. The van der Waals surface area contributed by atoms with Gasteiger partial charge in [-0.05, 0) is 29.8 Å². The van der Waals surface area contributed by atoms with Gasteiger partial charge in [0.25, 0.3) is 11.1 Å². The van der Waals surface area contributed by atoms with Gasteiger partial charge in [-0.3, -0.25) is 24.6 Å². The van der Waals surface area contributed by atoms with Gasteiger partial charge in [-0.1, -0.05) is 18.2 Å². The molecular weight excluding hydrogens is 301 g/mol. The fraction of sp³-hybridized carbons (Fsp3) is 0.0625.